The zero-order valence-corrected chi connectivity index (χ0v) is 15.2. The summed E-state index contributed by atoms with van der Waals surface area (Å²) in [4.78, 5) is 12.6. The molecule has 0 saturated carbocycles. The summed E-state index contributed by atoms with van der Waals surface area (Å²) in [5.41, 5.74) is 1.25. The first-order valence-corrected chi connectivity index (χ1v) is 8.69. The Morgan fingerprint density at radius 1 is 1.26 bits per heavy atom. The summed E-state index contributed by atoms with van der Waals surface area (Å²) in [5.74, 6) is -2.05. The number of aryl methyl sites for hydroxylation is 1. The van der Waals surface area contributed by atoms with Gasteiger partial charge >= 0.3 is 0 Å². The highest BCUT2D eigenvalue weighted by Crippen LogP contribution is 2.33. The van der Waals surface area contributed by atoms with Crippen LogP contribution in [0.4, 0.5) is 8.78 Å². The SMILES string of the molecule is COC(CNC(=O)C1CCCc2cc(-c3c(F)cccc3F)nnc21)OC. The number of benzene rings is 1. The zero-order valence-electron chi connectivity index (χ0n) is 15.2. The van der Waals surface area contributed by atoms with E-state index in [9.17, 15) is 13.6 Å². The molecule has 1 aromatic carbocycles. The van der Waals surface area contributed by atoms with Crippen molar-refractivity contribution in [2.24, 2.45) is 0 Å². The van der Waals surface area contributed by atoms with Gasteiger partial charge in [0.2, 0.25) is 5.91 Å². The summed E-state index contributed by atoms with van der Waals surface area (Å²) in [6, 6.07) is 5.28. The van der Waals surface area contributed by atoms with E-state index in [0.717, 1.165) is 12.0 Å². The molecule has 27 heavy (non-hydrogen) atoms. The lowest BCUT2D eigenvalue weighted by Gasteiger charge is -2.24. The number of hydrogen-bond acceptors (Lipinski definition) is 5. The van der Waals surface area contributed by atoms with Gasteiger partial charge in [-0.05, 0) is 43.0 Å². The summed E-state index contributed by atoms with van der Waals surface area (Å²) in [6.45, 7) is 0.212. The fraction of sp³-hybridized carbons (Fsp3) is 0.421. The maximum absolute atomic E-state index is 14.0. The molecule has 0 bridgehead atoms. The zero-order chi connectivity index (χ0) is 19.4. The highest BCUT2D eigenvalue weighted by atomic mass is 19.1. The maximum Gasteiger partial charge on any atom is 0.229 e. The molecule has 8 heteroatoms. The average Bonchev–Trinajstić information content (AvgIpc) is 2.68. The van der Waals surface area contributed by atoms with Gasteiger partial charge in [0.05, 0.1) is 29.4 Å². The number of carbonyl (C=O) groups is 1. The molecule has 0 aliphatic heterocycles. The molecular formula is C19H21F2N3O3. The van der Waals surface area contributed by atoms with E-state index in [2.05, 4.69) is 15.5 Å². The summed E-state index contributed by atoms with van der Waals surface area (Å²) in [5, 5.41) is 10.9. The van der Waals surface area contributed by atoms with E-state index < -0.39 is 23.8 Å². The fourth-order valence-electron chi connectivity index (χ4n) is 3.26. The first-order chi connectivity index (χ1) is 13.0. The van der Waals surface area contributed by atoms with Crippen LogP contribution in [-0.4, -0.2) is 43.2 Å². The minimum Gasteiger partial charge on any atom is -0.354 e. The largest absolute Gasteiger partial charge is 0.354 e. The van der Waals surface area contributed by atoms with Crippen molar-refractivity contribution in [3.8, 4) is 11.3 Å². The number of methoxy groups -OCH3 is 2. The topological polar surface area (TPSA) is 73.3 Å². The van der Waals surface area contributed by atoms with Crippen molar-refractivity contribution < 1.29 is 23.0 Å². The summed E-state index contributed by atoms with van der Waals surface area (Å²) in [6.07, 6.45) is 1.55. The third-order valence-electron chi connectivity index (χ3n) is 4.68. The van der Waals surface area contributed by atoms with Gasteiger partial charge in [0.15, 0.2) is 6.29 Å². The lowest BCUT2D eigenvalue weighted by atomic mass is 9.86. The maximum atomic E-state index is 14.0. The minimum absolute atomic E-state index is 0.129. The van der Waals surface area contributed by atoms with Gasteiger partial charge in [0, 0.05) is 14.2 Å². The predicted molar refractivity (Wildman–Crippen MR) is 93.9 cm³/mol. The van der Waals surface area contributed by atoms with Crippen LogP contribution in [0.5, 0.6) is 0 Å². The molecule has 1 aliphatic carbocycles. The number of aromatic nitrogens is 2. The standard InChI is InChI=1S/C19H21F2N3O3/c1-26-16(27-2)10-22-19(25)12-6-3-5-11-9-15(23-24-18(11)12)17-13(20)7-4-8-14(17)21/h4,7-9,12,16H,3,5-6,10H2,1-2H3,(H,22,25). The first-order valence-electron chi connectivity index (χ1n) is 8.69. The Hall–Kier alpha value is -2.45. The van der Waals surface area contributed by atoms with Gasteiger partial charge in [-0.1, -0.05) is 6.07 Å². The molecule has 0 saturated heterocycles. The molecule has 6 nitrogen and oxygen atoms in total. The van der Waals surface area contributed by atoms with E-state index in [-0.39, 0.29) is 23.7 Å². The van der Waals surface area contributed by atoms with E-state index in [0.29, 0.717) is 18.5 Å². The van der Waals surface area contributed by atoms with Crippen LogP contribution in [0.15, 0.2) is 24.3 Å². The van der Waals surface area contributed by atoms with E-state index in [1.54, 1.807) is 6.07 Å². The molecule has 1 atom stereocenters. The Kier molecular flexibility index (Phi) is 6.08. The molecule has 1 aliphatic rings. The molecule has 0 fully saturated rings. The third kappa shape index (κ3) is 4.12. The number of nitrogens with zero attached hydrogens (tertiary/aromatic N) is 2. The van der Waals surface area contributed by atoms with Crippen molar-refractivity contribution in [1.82, 2.24) is 15.5 Å². The number of halogens is 2. The molecule has 1 N–H and O–H groups in total. The third-order valence-corrected chi connectivity index (χ3v) is 4.68. The Morgan fingerprint density at radius 2 is 1.96 bits per heavy atom. The molecule has 3 rings (SSSR count). The highest BCUT2D eigenvalue weighted by Gasteiger charge is 2.29. The second-order valence-electron chi connectivity index (χ2n) is 6.33. The lowest BCUT2D eigenvalue weighted by Crippen LogP contribution is -2.38. The predicted octanol–water partition coefficient (Wildman–Crippen LogP) is 2.58. The molecular weight excluding hydrogens is 356 g/mol. The molecule has 0 radical (unpaired) electrons. The van der Waals surface area contributed by atoms with Gasteiger partial charge in [-0.3, -0.25) is 4.79 Å². The summed E-state index contributed by atoms with van der Waals surface area (Å²) < 4.78 is 38.2. The van der Waals surface area contributed by atoms with Crippen LogP contribution in [0.2, 0.25) is 0 Å². The lowest BCUT2D eigenvalue weighted by molar-refractivity contribution is -0.129. The van der Waals surface area contributed by atoms with Crippen LogP contribution < -0.4 is 5.32 Å². The quantitative estimate of drug-likeness (QED) is 0.784. The Balaban J connectivity index is 1.84. The molecule has 1 unspecified atom stereocenters. The van der Waals surface area contributed by atoms with Crippen LogP contribution >= 0.6 is 0 Å². The van der Waals surface area contributed by atoms with Crippen molar-refractivity contribution in [3.05, 3.63) is 47.2 Å². The smallest absolute Gasteiger partial charge is 0.229 e. The van der Waals surface area contributed by atoms with Crippen molar-refractivity contribution >= 4 is 5.91 Å². The number of rotatable bonds is 6. The molecule has 1 heterocycles. The van der Waals surface area contributed by atoms with Crippen molar-refractivity contribution in [2.75, 3.05) is 20.8 Å². The first kappa shape index (κ1) is 19.3. The summed E-state index contributed by atoms with van der Waals surface area (Å²) >= 11 is 0. The molecule has 1 amide bonds. The number of nitrogens with one attached hydrogen (secondary N) is 1. The van der Waals surface area contributed by atoms with Gasteiger partial charge in [-0.2, -0.15) is 5.10 Å². The van der Waals surface area contributed by atoms with Gasteiger partial charge in [0.1, 0.15) is 11.6 Å². The number of fused-ring (bicyclic) bond motifs is 1. The highest BCUT2D eigenvalue weighted by molar-refractivity contribution is 5.84. The summed E-state index contributed by atoms with van der Waals surface area (Å²) in [7, 11) is 2.98. The Bertz CT molecular complexity index is 808. The van der Waals surface area contributed by atoms with E-state index in [4.69, 9.17) is 9.47 Å². The van der Waals surface area contributed by atoms with Crippen LogP contribution in [-0.2, 0) is 20.7 Å². The molecule has 2 aromatic rings. The minimum atomic E-state index is -0.695. The van der Waals surface area contributed by atoms with Crippen molar-refractivity contribution in [3.63, 3.8) is 0 Å². The number of amides is 1. The van der Waals surface area contributed by atoms with Crippen LogP contribution in [0.3, 0.4) is 0 Å². The van der Waals surface area contributed by atoms with Gasteiger partial charge < -0.3 is 14.8 Å². The van der Waals surface area contributed by atoms with E-state index >= 15 is 0 Å². The van der Waals surface area contributed by atoms with E-state index in [1.807, 2.05) is 0 Å². The van der Waals surface area contributed by atoms with Crippen molar-refractivity contribution in [1.29, 1.82) is 0 Å². The number of carbonyl (C=O) groups excluding carboxylic acids is 1. The molecule has 0 spiro atoms. The number of hydrogen-bond donors (Lipinski definition) is 1. The van der Waals surface area contributed by atoms with E-state index in [1.165, 1.54) is 32.4 Å². The fourth-order valence-corrected chi connectivity index (χ4v) is 3.26. The normalized spacial score (nSPS) is 16.3. The number of ether oxygens (including phenoxy) is 2. The Labute approximate surface area is 155 Å². The molecule has 1 aromatic heterocycles. The average molecular weight is 377 g/mol. The Morgan fingerprint density at radius 3 is 2.63 bits per heavy atom. The van der Waals surface area contributed by atoms with Crippen LogP contribution in [0, 0.1) is 11.6 Å². The second kappa shape index (κ2) is 8.49. The van der Waals surface area contributed by atoms with Crippen LogP contribution in [0.25, 0.3) is 11.3 Å². The van der Waals surface area contributed by atoms with Crippen molar-refractivity contribution in [2.45, 2.75) is 31.5 Å². The van der Waals surface area contributed by atoms with Gasteiger partial charge in [0.25, 0.3) is 0 Å². The molecule has 144 valence electrons. The van der Waals surface area contributed by atoms with Crippen LogP contribution in [0.1, 0.15) is 30.0 Å². The van der Waals surface area contributed by atoms with Gasteiger partial charge in [-0.25, -0.2) is 8.78 Å². The second-order valence-corrected chi connectivity index (χ2v) is 6.33. The monoisotopic (exact) mass is 377 g/mol. The van der Waals surface area contributed by atoms with Gasteiger partial charge in [-0.15, -0.1) is 5.10 Å².